The van der Waals surface area contributed by atoms with E-state index in [0.717, 1.165) is 12.1 Å². The third-order valence-corrected chi connectivity index (χ3v) is 4.46. The van der Waals surface area contributed by atoms with Gasteiger partial charge in [-0.3, -0.25) is 4.90 Å². The standard InChI is InChI=1S/C12H19N3O2S/c1-2-14-8-9-15(18(13,16)17)10-12(14)11-6-4-3-5-7-11/h3-7,12H,2,8-10H2,1H3,(H2,13,16,17). The van der Waals surface area contributed by atoms with Crippen LogP contribution in [0, 0.1) is 0 Å². The van der Waals surface area contributed by atoms with E-state index in [-0.39, 0.29) is 6.04 Å². The van der Waals surface area contributed by atoms with Gasteiger partial charge in [0.25, 0.3) is 10.2 Å². The van der Waals surface area contributed by atoms with E-state index in [1.807, 2.05) is 30.3 Å². The Morgan fingerprint density at radius 3 is 2.50 bits per heavy atom. The molecular weight excluding hydrogens is 250 g/mol. The van der Waals surface area contributed by atoms with E-state index in [1.54, 1.807) is 0 Å². The monoisotopic (exact) mass is 269 g/mol. The van der Waals surface area contributed by atoms with Crippen LogP contribution in [-0.4, -0.2) is 43.8 Å². The molecule has 1 atom stereocenters. The summed E-state index contributed by atoms with van der Waals surface area (Å²) >= 11 is 0. The molecule has 0 radical (unpaired) electrons. The molecule has 18 heavy (non-hydrogen) atoms. The zero-order valence-corrected chi connectivity index (χ0v) is 11.3. The number of benzene rings is 1. The number of hydrogen-bond acceptors (Lipinski definition) is 3. The van der Waals surface area contributed by atoms with E-state index >= 15 is 0 Å². The second-order valence-electron chi connectivity index (χ2n) is 4.46. The summed E-state index contributed by atoms with van der Waals surface area (Å²) < 4.78 is 24.2. The fourth-order valence-electron chi connectivity index (χ4n) is 2.40. The minimum Gasteiger partial charge on any atom is -0.294 e. The summed E-state index contributed by atoms with van der Waals surface area (Å²) in [7, 11) is -3.59. The van der Waals surface area contributed by atoms with Gasteiger partial charge < -0.3 is 0 Å². The quantitative estimate of drug-likeness (QED) is 0.872. The fourth-order valence-corrected chi connectivity index (χ4v) is 3.08. The Bertz CT molecular complexity index is 489. The molecule has 0 saturated carbocycles. The molecule has 0 spiro atoms. The van der Waals surface area contributed by atoms with Gasteiger partial charge in [0.15, 0.2) is 0 Å². The Hall–Kier alpha value is -0.950. The van der Waals surface area contributed by atoms with Crippen LogP contribution in [0.15, 0.2) is 30.3 Å². The number of nitrogens with zero attached hydrogens (tertiary/aromatic N) is 2. The second kappa shape index (κ2) is 5.36. The molecule has 0 amide bonds. The molecular formula is C12H19N3O2S. The molecule has 0 bridgehead atoms. The molecule has 5 nitrogen and oxygen atoms in total. The van der Waals surface area contributed by atoms with Gasteiger partial charge in [-0.1, -0.05) is 37.3 Å². The maximum Gasteiger partial charge on any atom is 0.277 e. The van der Waals surface area contributed by atoms with Gasteiger partial charge in [-0.2, -0.15) is 12.7 Å². The largest absolute Gasteiger partial charge is 0.294 e. The molecule has 0 aliphatic carbocycles. The molecule has 0 aromatic heterocycles. The number of hydrogen-bond donors (Lipinski definition) is 1. The fraction of sp³-hybridized carbons (Fsp3) is 0.500. The first-order valence-electron chi connectivity index (χ1n) is 6.09. The molecule has 1 unspecified atom stereocenters. The van der Waals surface area contributed by atoms with E-state index in [1.165, 1.54) is 4.31 Å². The van der Waals surface area contributed by atoms with Crippen molar-refractivity contribution in [3.05, 3.63) is 35.9 Å². The van der Waals surface area contributed by atoms with Crippen molar-refractivity contribution in [3.8, 4) is 0 Å². The predicted octanol–water partition coefficient (Wildman–Crippen LogP) is 0.569. The van der Waals surface area contributed by atoms with Gasteiger partial charge in [-0.25, -0.2) is 5.14 Å². The molecule has 100 valence electrons. The van der Waals surface area contributed by atoms with Crippen LogP contribution in [0.1, 0.15) is 18.5 Å². The summed E-state index contributed by atoms with van der Waals surface area (Å²) in [5.41, 5.74) is 1.13. The smallest absolute Gasteiger partial charge is 0.277 e. The Balaban J connectivity index is 2.24. The van der Waals surface area contributed by atoms with Crippen LogP contribution in [0.2, 0.25) is 0 Å². The minimum atomic E-state index is -3.59. The summed E-state index contributed by atoms with van der Waals surface area (Å²) in [5, 5.41) is 5.22. The van der Waals surface area contributed by atoms with Gasteiger partial charge in [0, 0.05) is 25.7 Å². The summed E-state index contributed by atoms with van der Waals surface area (Å²) in [6.45, 7) is 4.60. The number of rotatable bonds is 3. The van der Waals surface area contributed by atoms with Crippen molar-refractivity contribution in [2.75, 3.05) is 26.2 Å². The third-order valence-electron chi connectivity index (χ3n) is 3.40. The van der Waals surface area contributed by atoms with Crippen LogP contribution < -0.4 is 5.14 Å². The Kier molecular flexibility index (Phi) is 4.01. The molecule has 1 heterocycles. The van der Waals surface area contributed by atoms with E-state index < -0.39 is 10.2 Å². The lowest BCUT2D eigenvalue weighted by molar-refractivity contribution is 0.124. The first kappa shape index (κ1) is 13.5. The highest BCUT2D eigenvalue weighted by molar-refractivity contribution is 7.86. The molecule has 2 rings (SSSR count). The van der Waals surface area contributed by atoms with Gasteiger partial charge in [0.1, 0.15) is 0 Å². The highest BCUT2D eigenvalue weighted by Gasteiger charge is 2.31. The normalized spacial score (nSPS) is 23.1. The molecule has 2 N–H and O–H groups in total. The third kappa shape index (κ3) is 2.89. The maximum atomic E-state index is 11.4. The van der Waals surface area contributed by atoms with Gasteiger partial charge in [0.2, 0.25) is 0 Å². The van der Waals surface area contributed by atoms with Crippen molar-refractivity contribution in [1.29, 1.82) is 0 Å². The average Bonchev–Trinajstić information content (AvgIpc) is 2.38. The molecule has 1 fully saturated rings. The van der Waals surface area contributed by atoms with Crippen molar-refractivity contribution in [1.82, 2.24) is 9.21 Å². The zero-order valence-electron chi connectivity index (χ0n) is 10.5. The van der Waals surface area contributed by atoms with Crippen LogP contribution in [0.25, 0.3) is 0 Å². The lowest BCUT2D eigenvalue weighted by Gasteiger charge is -2.39. The van der Waals surface area contributed by atoms with E-state index in [2.05, 4.69) is 11.8 Å². The van der Waals surface area contributed by atoms with Crippen LogP contribution in [0.4, 0.5) is 0 Å². The van der Waals surface area contributed by atoms with Crippen LogP contribution in [0.5, 0.6) is 0 Å². The van der Waals surface area contributed by atoms with Crippen molar-refractivity contribution >= 4 is 10.2 Å². The molecule has 1 saturated heterocycles. The summed E-state index contributed by atoms with van der Waals surface area (Å²) in [5.74, 6) is 0. The highest BCUT2D eigenvalue weighted by atomic mass is 32.2. The first-order chi connectivity index (χ1) is 8.52. The number of nitrogens with two attached hydrogens (primary N) is 1. The molecule has 1 aliphatic heterocycles. The second-order valence-corrected chi connectivity index (χ2v) is 6.00. The highest BCUT2D eigenvalue weighted by Crippen LogP contribution is 2.25. The van der Waals surface area contributed by atoms with Gasteiger partial charge >= 0.3 is 0 Å². The Morgan fingerprint density at radius 1 is 1.28 bits per heavy atom. The van der Waals surface area contributed by atoms with Gasteiger partial charge in [-0.15, -0.1) is 0 Å². The van der Waals surface area contributed by atoms with E-state index in [0.29, 0.717) is 19.6 Å². The Morgan fingerprint density at radius 2 is 1.94 bits per heavy atom. The lowest BCUT2D eigenvalue weighted by Crippen LogP contribution is -2.52. The van der Waals surface area contributed by atoms with E-state index in [9.17, 15) is 8.42 Å². The van der Waals surface area contributed by atoms with Crippen molar-refractivity contribution < 1.29 is 8.42 Å². The summed E-state index contributed by atoms with van der Waals surface area (Å²) in [6, 6.07) is 10.0. The number of likely N-dealkylation sites (N-methyl/N-ethyl adjacent to an activating group) is 1. The predicted molar refractivity (Wildman–Crippen MR) is 71.1 cm³/mol. The van der Waals surface area contributed by atoms with Crippen LogP contribution in [0.3, 0.4) is 0 Å². The zero-order chi connectivity index (χ0) is 13.2. The average molecular weight is 269 g/mol. The van der Waals surface area contributed by atoms with Crippen LogP contribution in [-0.2, 0) is 10.2 Å². The van der Waals surface area contributed by atoms with E-state index in [4.69, 9.17) is 5.14 Å². The minimum absolute atomic E-state index is 0.0864. The summed E-state index contributed by atoms with van der Waals surface area (Å²) in [6.07, 6.45) is 0. The number of piperazine rings is 1. The lowest BCUT2D eigenvalue weighted by atomic mass is 10.0. The van der Waals surface area contributed by atoms with Crippen LogP contribution >= 0.6 is 0 Å². The summed E-state index contributed by atoms with van der Waals surface area (Å²) in [4.78, 5) is 2.27. The van der Waals surface area contributed by atoms with Gasteiger partial charge in [0.05, 0.1) is 0 Å². The van der Waals surface area contributed by atoms with Crippen molar-refractivity contribution in [3.63, 3.8) is 0 Å². The molecule has 1 aromatic rings. The van der Waals surface area contributed by atoms with Gasteiger partial charge in [-0.05, 0) is 12.1 Å². The van der Waals surface area contributed by atoms with Crippen molar-refractivity contribution in [2.24, 2.45) is 5.14 Å². The maximum absolute atomic E-state index is 11.4. The SMILES string of the molecule is CCN1CCN(S(N)(=O)=O)CC1c1ccccc1. The van der Waals surface area contributed by atoms with Crippen molar-refractivity contribution in [2.45, 2.75) is 13.0 Å². The molecule has 6 heteroatoms. The molecule has 1 aromatic carbocycles. The molecule has 1 aliphatic rings. The Labute approximate surface area is 108 Å². The topological polar surface area (TPSA) is 66.6 Å². The first-order valence-corrected chi connectivity index (χ1v) is 7.59.